The van der Waals surface area contributed by atoms with Gasteiger partial charge in [-0.25, -0.2) is 0 Å². The summed E-state index contributed by atoms with van der Waals surface area (Å²) in [7, 11) is 0. The highest BCUT2D eigenvalue weighted by atomic mass is 16.5. The number of benzene rings is 1. The Morgan fingerprint density at radius 2 is 2.00 bits per heavy atom. The van der Waals surface area contributed by atoms with Crippen molar-refractivity contribution in [2.24, 2.45) is 0 Å². The molecule has 0 unspecified atom stereocenters. The zero-order valence-corrected chi connectivity index (χ0v) is 9.25. The topological polar surface area (TPSA) is 38.3 Å². The summed E-state index contributed by atoms with van der Waals surface area (Å²) in [6.07, 6.45) is 0.426. The molecule has 0 saturated carbocycles. The molecule has 3 heteroatoms. The van der Waals surface area contributed by atoms with Crippen LogP contribution in [-0.2, 0) is 16.1 Å². The van der Waals surface area contributed by atoms with Crippen LogP contribution in [0.2, 0.25) is 0 Å². The Hall–Kier alpha value is -1.51. The summed E-state index contributed by atoms with van der Waals surface area (Å²) in [6, 6.07) is 7.89. The molecule has 1 aromatic carbocycles. The second-order valence-corrected chi connectivity index (χ2v) is 3.24. The first-order chi connectivity index (χ1) is 7.26. The van der Waals surface area contributed by atoms with Gasteiger partial charge in [-0.15, -0.1) is 0 Å². The van der Waals surface area contributed by atoms with E-state index in [1.165, 1.54) is 0 Å². The van der Waals surface area contributed by atoms with E-state index in [1.54, 1.807) is 6.92 Å². The van der Waals surface area contributed by atoms with Crippen LogP contribution in [0.4, 0.5) is 5.69 Å². The number of hydrogen-bond acceptors (Lipinski definition) is 3. The van der Waals surface area contributed by atoms with Gasteiger partial charge in [-0.2, -0.15) is 0 Å². The molecule has 1 N–H and O–H groups in total. The maximum atomic E-state index is 10.9. The summed E-state index contributed by atoms with van der Waals surface area (Å²) in [5, 5.41) is 3.20. The van der Waals surface area contributed by atoms with Crippen LogP contribution < -0.4 is 5.32 Å². The van der Waals surface area contributed by atoms with Gasteiger partial charge < -0.3 is 10.1 Å². The molecule has 0 saturated heterocycles. The normalized spacial score (nSPS) is 9.73. The molecule has 0 radical (unpaired) electrons. The van der Waals surface area contributed by atoms with Crippen molar-refractivity contribution in [2.45, 2.75) is 26.9 Å². The van der Waals surface area contributed by atoms with Crippen LogP contribution in [0.15, 0.2) is 24.3 Å². The first-order valence-electron chi connectivity index (χ1n) is 5.24. The monoisotopic (exact) mass is 209 g/mol. The van der Waals surface area contributed by atoms with E-state index < -0.39 is 0 Å². The summed E-state index contributed by atoms with van der Waals surface area (Å²) in [6.45, 7) is 5.11. The molecule has 0 amide bonds. The number of nitrogens with one attached hydrogen (secondary N) is 1. The molecular formula is C12H19NO2. The highest BCUT2D eigenvalue weighted by molar-refractivity contribution is 5.68. The van der Waals surface area contributed by atoms with Crippen molar-refractivity contribution in [1.29, 1.82) is 0 Å². The largest absolute Gasteiger partial charge is 0.461 e. The van der Waals surface area contributed by atoms with Gasteiger partial charge in [-0.3, -0.25) is 4.79 Å². The molecule has 0 atom stereocenters. The minimum atomic E-state index is -0.161. The minimum absolute atomic E-state index is 0. The van der Waals surface area contributed by atoms with Crippen molar-refractivity contribution in [3.05, 3.63) is 29.8 Å². The van der Waals surface area contributed by atoms with Crippen LogP contribution in [0, 0.1) is 0 Å². The smallest absolute Gasteiger partial charge is 0.305 e. The predicted octanol–water partition coefficient (Wildman–Crippen LogP) is 2.82. The van der Waals surface area contributed by atoms with Gasteiger partial charge in [-0.1, -0.05) is 19.1 Å². The minimum Gasteiger partial charge on any atom is -0.461 e. The van der Waals surface area contributed by atoms with Crippen molar-refractivity contribution >= 4 is 11.7 Å². The third-order valence-electron chi connectivity index (χ3n) is 2.02. The number of hydrogen-bond donors (Lipinski definition) is 1. The lowest BCUT2D eigenvalue weighted by Crippen LogP contribution is -2.02. The molecule has 84 valence electrons. The lowest BCUT2D eigenvalue weighted by molar-refractivity contribution is -0.144. The Morgan fingerprint density at radius 1 is 1.33 bits per heavy atom. The van der Waals surface area contributed by atoms with E-state index in [1.807, 2.05) is 24.3 Å². The van der Waals surface area contributed by atoms with Crippen molar-refractivity contribution in [1.82, 2.24) is 0 Å². The fourth-order valence-electron chi connectivity index (χ4n) is 1.19. The number of esters is 1. The van der Waals surface area contributed by atoms with Gasteiger partial charge in [0.15, 0.2) is 0 Å². The Labute approximate surface area is 91.9 Å². The van der Waals surface area contributed by atoms with Gasteiger partial charge in [-0.05, 0) is 24.6 Å². The highest BCUT2D eigenvalue weighted by Gasteiger charge is 1.99. The van der Waals surface area contributed by atoms with Crippen molar-refractivity contribution < 1.29 is 11.0 Å². The Balaban J connectivity index is 0.00000225. The first-order valence-corrected chi connectivity index (χ1v) is 5.24. The molecule has 0 heterocycles. The fraction of sp³-hybridized carbons (Fsp3) is 0.417. The van der Waals surface area contributed by atoms with Crippen molar-refractivity contribution in [2.75, 3.05) is 11.9 Å². The van der Waals surface area contributed by atoms with Gasteiger partial charge in [0, 0.05) is 20.1 Å². The van der Waals surface area contributed by atoms with Gasteiger partial charge in [0.25, 0.3) is 0 Å². The van der Waals surface area contributed by atoms with E-state index in [0.717, 1.165) is 17.8 Å². The lowest BCUT2D eigenvalue weighted by Gasteiger charge is -2.05. The van der Waals surface area contributed by atoms with Gasteiger partial charge in [0.05, 0.1) is 0 Å². The molecule has 1 aromatic rings. The van der Waals surface area contributed by atoms with E-state index >= 15 is 0 Å². The quantitative estimate of drug-likeness (QED) is 0.758. The average Bonchev–Trinajstić information content (AvgIpc) is 2.28. The summed E-state index contributed by atoms with van der Waals surface area (Å²) in [5.74, 6) is -0.161. The Morgan fingerprint density at radius 3 is 2.53 bits per heavy atom. The number of anilines is 1. The van der Waals surface area contributed by atoms with Crippen LogP contribution in [0.1, 0.15) is 27.3 Å². The molecule has 1 rings (SSSR count). The molecule has 3 nitrogen and oxygen atoms in total. The Bertz CT molecular complexity index is 311. The first kappa shape index (κ1) is 11.6. The molecule has 0 bridgehead atoms. The Kier molecular flexibility index (Phi) is 4.68. The van der Waals surface area contributed by atoms with E-state index in [4.69, 9.17) is 4.74 Å². The third kappa shape index (κ3) is 4.02. The average molecular weight is 209 g/mol. The zero-order valence-electron chi connectivity index (χ0n) is 9.25. The molecule has 0 aliphatic rings. The molecule has 0 spiro atoms. The number of rotatable bonds is 5. The summed E-state index contributed by atoms with van der Waals surface area (Å²) < 4.78 is 5.02. The van der Waals surface area contributed by atoms with Crippen LogP contribution in [-0.4, -0.2) is 12.5 Å². The highest BCUT2D eigenvalue weighted by Crippen LogP contribution is 2.10. The van der Waals surface area contributed by atoms with Crippen molar-refractivity contribution in [3.63, 3.8) is 0 Å². The second-order valence-electron chi connectivity index (χ2n) is 3.24. The van der Waals surface area contributed by atoms with Gasteiger partial charge >= 0.3 is 5.97 Å². The van der Waals surface area contributed by atoms with E-state index in [2.05, 4.69) is 12.2 Å². The molecule has 0 aromatic heterocycles. The fourth-order valence-corrected chi connectivity index (χ4v) is 1.19. The van der Waals surface area contributed by atoms with Crippen LogP contribution in [0.25, 0.3) is 0 Å². The van der Waals surface area contributed by atoms with Crippen molar-refractivity contribution in [3.8, 4) is 0 Å². The lowest BCUT2D eigenvalue weighted by atomic mass is 10.2. The molecule has 0 aliphatic carbocycles. The number of carbonyl (C=O) groups excluding carboxylic acids is 1. The summed E-state index contributed by atoms with van der Waals surface area (Å²) in [4.78, 5) is 10.9. The SMILES string of the molecule is CCNc1ccc(COC(=O)CC)cc1.[HH]. The van der Waals surface area contributed by atoms with Gasteiger partial charge in [0.2, 0.25) is 0 Å². The second kappa shape index (κ2) is 6.06. The molecular weight excluding hydrogens is 190 g/mol. The summed E-state index contributed by atoms with van der Waals surface area (Å²) in [5.41, 5.74) is 2.10. The zero-order chi connectivity index (χ0) is 11.1. The van der Waals surface area contributed by atoms with E-state index in [9.17, 15) is 4.79 Å². The van der Waals surface area contributed by atoms with Crippen LogP contribution in [0.5, 0.6) is 0 Å². The van der Waals surface area contributed by atoms with Gasteiger partial charge in [0.1, 0.15) is 6.61 Å². The predicted molar refractivity (Wildman–Crippen MR) is 62.8 cm³/mol. The standard InChI is InChI=1S/C12H17NO2.H2/c1-3-12(14)15-9-10-5-7-11(8-6-10)13-4-2;/h5-8,13H,3-4,9H2,1-2H3;1H. The van der Waals surface area contributed by atoms with Crippen LogP contribution >= 0.6 is 0 Å². The molecule has 15 heavy (non-hydrogen) atoms. The number of ether oxygens (including phenoxy) is 1. The van der Waals surface area contributed by atoms with E-state index in [-0.39, 0.29) is 7.40 Å². The third-order valence-corrected chi connectivity index (χ3v) is 2.02. The number of carbonyl (C=O) groups is 1. The maximum absolute atomic E-state index is 10.9. The van der Waals surface area contributed by atoms with Crippen LogP contribution in [0.3, 0.4) is 0 Å². The van der Waals surface area contributed by atoms with E-state index in [0.29, 0.717) is 13.0 Å². The molecule has 0 aliphatic heterocycles. The molecule has 0 fully saturated rings. The summed E-state index contributed by atoms with van der Waals surface area (Å²) >= 11 is 0. The maximum Gasteiger partial charge on any atom is 0.305 e.